The Balaban J connectivity index is 1.68. The number of nitrogens with two attached hydrogens (primary N) is 1. The maximum Gasteiger partial charge on any atom is 0.226 e. The fourth-order valence-corrected chi connectivity index (χ4v) is 5.74. The van der Waals surface area contributed by atoms with Gasteiger partial charge in [-0.25, -0.2) is 4.39 Å². The minimum atomic E-state index is -1.54. The van der Waals surface area contributed by atoms with Crippen molar-refractivity contribution in [1.29, 1.82) is 0 Å². The van der Waals surface area contributed by atoms with Crippen LogP contribution in [0.1, 0.15) is 43.2 Å². The van der Waals surface area contributed by atoms with Crippen molar-refractivity contribution in [3.05, 3.63) is 59.4 Å². The fraction of sp³-hybridized carbons (Fsp3) is 0.552. The maximum atomic E-state index is 15.4. The lowest BCUT2D eigenvalue weighted by Crippen LogP contribution is -2.55. The Hall–Kier alpha value is -2.36. The largest absolute Gasteiger partial charge is 0.391 e. The zero-order valence-corrected chi connectivity index (χ0v) is 21.7. The second-order valence-corrected chi connectivity index (χ2v) is 10.4. The number of aliphatic hydroxyl groups excluding tert-OH is 1. The highest BCUT2D eigenvalue weighted by molar-refractivity contribution is 5.79. The van der Waals surface area contributed by atoms with Crippen molar-refractivity contribution in [2.75, 3.05) is 33.4 Å². The summed E-state index contributed by atoms with van der Waals surface area (Å²) in [5.74, 6) is -0.855. The van der Waals surface area contributed by atoms with Crippen molar-refractivity contribution in [3.8, 4) is 11.1 Å². The van der Waals surface area contributed by atoms with Crippen LogP contribution in [0.2, 0.25) is 0 Å². The van der Waals surface area contributed by atoms with Crippen LogP contribution in [0.15, 0.2) is 42.5 Å². The van der Waals surface area contributed by atoms with Crippen molar-refractivity contribution in [2.24, 2.45) is 11.7 Å². The summed E-state index contributed by atoms with van der Waals surface area (Å²) >= 11 is 0. The Morgan fingerprint density at radius 3 is 2.73 bits per heavy atom. The second-order valence-electron chi connectivity index (χ2n) is 10.4. The molecule has 1 heterocycles. The fourth-order valence-electron chi connectivity index (χ4n) is 5.74. The summed E-state index contributed by atoms with van der Waals surface area (Å²) in [7, 11) is 1.63. The number of amides is 1. The van der Waals surface area contributed by atoms with Gasteiger partial charge in [0.1, 0.15) is 17.5 Å². The van der Waals surface area contributed by atoms with E-state index in [0.29, 0.717) is 55.5 Å². The van der Waals surface area contributed by atoms with Gasteiger partial charge in [-0.05, 0) is 56.2 Å². The monoisotopic (exact) mass is 514 g/mol. The van der Waals surface area contributed by atoms with Crippen LogP contribution in [0.25, 0.3) is 11.1 Å². The molecular weight excluding hydrogens is 475 g/mol. The first-order valence-electron chi connectivity index (χ1n) is 13.2. The van der Waals surface area contributed by atoms with E-state index < -0.39 is 29.7 Å². The second kappa shape index (κ2) is 12.0. The van der Waals surface area contributed by atoms with Gasteiger partial charge in [-0.15, -0.1) is 0 Å². The highest BCUT2D eigenvalue weighted by Gasteiger charge is 2.46. The molecule has 0 spiro atoms. The molecule has 1 amide bonds. The maximum absolute atomic E-state index is 15.4. The molecule has 4 rings (SSSR count). The van der Waals surface area contributed by atoms with E-state index in [1.807, 2.05) is 31.2 Å². The number of aliphatic hydroxyl groups is 2. The van der Waals surface area contributed by atoms with Crippen molar-refractivity contribution in [2.45, 2.75) is 62.9 Å². The molecule has 7 nitrogen and oxygen atoms in total. The summed E-state index contributed by atoms with van der Waals surface area (Å²) in [5, 5.41) is 22.4. The van der Waals surface area contributed by atoms with Gasteiger partial charge < -0.3 is 30.3 Å². The number of hydrogen-bond donors (Lipinski definition) is 3. The first-order chi connectivity index (χ1) is 17.7. The van der Waals surface area contributed by atoms with Crippen LogP contribution in [0.5, 0.6) is 0 Å². The molecule has 0 bridgehead atoms. The van der Waals surface area contributed by atoms with Gasteiger partial charge in [0.25, 0.3) is 0 Å². The molecule has 2 aromatic carbocycles. The summed E-state index contributed by atoms with van der Waals surface area (Å²) in [6.07, 6.45) is 1.01. The van der Waals surface area contributed by atoms with Gasteiger partial charge in [0, 0.05) is 37.8 Å². The number of carbonyl (C=O) groups excluding carboxylic acids is 1. The van der Waals surface area contributed by atoms with Gasteiger partial charge in [-0.1, -0.05) is 42.0 Å². The Morgan fingerprint density at radius 1 is 1.24 bits per heavy atom. The van der Waals surface area contributed by atoms with Gasteiger partial charge in [-0.3, -0.25) is 4.79 Å². The highest BCUT2D eigenvalue weighted by Crippen LogP contribution is 2.41. The van der Waals surface area contributed by atoms with E-state index in [1.165, 1.54) is 6.07 Å². The molecule has 1 aliphatic carbocycles. The number of nitrogens with zero attached hydrogens (tertiary/aromatic N) is 1. The Kier molecular flexibility index (Phi) is 8.98. The summed E-state index contributed by atoms with van der Waals surface area (Å²) in [6, 6.07) is 11.9. The van der Waals surface area contributed by atoms with Gasteiger partial charge >= 0.3 is 0 Å². The topological polar surface area (TPSA) is 105 Å². The number of rotatable bonds is 9. The lowest BCUT2D eigenvalue weighted by Gasteiger charge is -2.43. The van der Waals surface area contributed by atoms with Crippen LogP contribution >= 0.6 is 0 Å². The van der Waals surface area contributed by atoms with Crippen LogP contribution in [-0.2, 0) is 19.9 Å². The van der Waals surface area contributed by atoms with Crippen LogP contribution in [0, 0.1) is 18.7 Å². The van der Waals surface area contributed by atoms with E-state index in [1.54, 1.807) is 24.1 Å². The third-order valence-electron chi connectivity index (χ3n) is 7.78. The van der Waals surface area contributed by atoms with Crippen molar-refractivity contribution in [3.63, 3.8) is 0 Å². The smallest absolute Gasteiger partial charge is 0.226 e. The number of unbranched alkanes of at least 4 members (excludes halogenated alkanes) is 1. The lowest BCUT2D eigenvalue weighted by atomic mass is 9.78. The van der Waals surface area contributed by atoms with E-state index in [2.05, 4.69) is 0 Å². The van der Waals surface area contributed by atoms with Crippen LogP contribution in [0.4, 0.5) is 4.39 Å². The molecule has 2 aromatic rings. The molecule has 0 aromatic heterocycles. The molecule has 1 aliphatic heterocycles. The molecule has 202 valence electrons. The molecule has 1 saturated heterocycles. The quantitative estimate of drug-likeness (QED) is 0.444. The third kappa shape index (κ3) is 6.04. The first-order valence-corrected chi connectivity index (χ1v) is 13.2. The number of aryl methyl sites for hydroxylation is 1. The summed E-state index contributed by atoms with van der Waals surface area (Å²) in [6.45, 7) is 3.31. The molecule has 0 radical (unpaired) electrons. The minimum absolute atomic E-state index is 0.0832. The van der Waals surface area contributed by atoms with Crippen molar-refractivity contribution in [1.82, 2.24) is 4.90 Å². The SMILES string of the molecule is COCCCCC(O)(c1cccc(F)c1-c1cccc(C)c1)C1CN(C(=O)C2CC(N)C(O)C2)CCO1. The Labute approximate surface area is 218 Å². The first kappa shape index (κ1) is 27.7. The number of morpholine rings is 1. The average molecular weight is 515 g/mol. The average Bonchev–Trinajstić information content (AvgIpc) is 3.23. The van der Waals surface area contributed by atoms with Crippen molar-refractivity contribution >= 4 is 5.91 Å². The van der Waals surface area contributed by atoms with Crippen LogP contribution < -0.4 is 5.73 Å². The third-order valence-corrected chi connectivity index (χ3v) is 7.78. The van der Waals surface area contributed by atoms with Gasteiger partial charge in [0.05, 0.1) is 19.3 Å². The van der Waals surface area contributed by atoms with Gasteiger partial charge in [0.15, 0.2) is 0 Å². The molecule has 37 heavy (non-hydrogen) atoms. The van der Waals surface area contributed by atoms with E-state index >= 15 is 4.39 Å². The molecule has 5 atom stereocenters. The van der Waals surface area contributed by atoms with E-state index in [4.69, 9.17) is 15.2 Å². The zero-order valence-electron chi connectivity index (χ0n) is 21.7. The number of benzene rings is 2. The van der Waals surface area contributed by atoms with Gasteiger partial charge in [-0.2, -0.15) is 0 Å². The van der Waals surface area contributed by atoms with E-state index in [-0.39, 0.29) is 25.0 Å². The number of carbonyl (C=O) groups is 1. The predicted molar refractivity (Wildman–Crippen MR) is 139 cm³/mol. The minimum Gasteiger partial charge on any atom is -0.391 e. The zero-order chi connectivity index (χ0) is 26.6. The standard InChI is InChI=1S/C29H39FN2O5/c1-19-7-5-8-20(15-19)27-22(9-6-10-23(27)30)29(35,11-3-4-13-36-2)26-18-32(12-14-37-26)28(34)21-16-24(31)25(33)17-21/h5-10,15,21,24-26,33,35H,3-4,11-14,16-18,31H2,1-2H3. The molecule has 4 N–H and O–H groups in total. The molecule has 1 saturated carbocycles. The normalized spacial score (nSPS) is 25.7. The number of ether oxygens (including phenoxy) is 2. The predicted octanol–water partition coefficient (Wildman–Crippen LogP) is 3.13. The molecule has 8 heteroatoms. The Bertz CT molecular complexity index is 1070. The summed E-state index contributed by atoms with van der Waals surface area (Å²) in [4.78, 5) is 15.0. The summed E-state index contributed by atoms with van der Waals surface area (Å²) < 4.78 is 26.7. The Morgan fingerprint density at radius 2 is 2.03 bits per heavy atom. The van der Waals surface area contributed by atoms with Gasteiger partial charge in [0.2, 0.25) is 5.91 Å². The number of methoxy groups -OCH3 is 1. The van der Waals surface area contributed by atoms with E-state index in [9.17, 15) is 15.0 Å². The molecule has 2 fully saturated rings. The summed E-state index contributed by atoms with van der Waals surface area (Å²) in [5.41, 5.74) is 6.87. The number of hydrogen-bond acceptors (Lipinski definition) is 6. The molecule has 5 unspecified atom stereocenters. The van der Waals surface area contributed by atoms with Crippen molar-refractivity contribution < 1.29 is 28.9 Å². The lowest BCUT2D eigenvalue weighted by molar-refractivity contribution is -0.167. The molecular formula is C29H39FN2O5. The molecule has 2 aliphatic rings. The van der Waals surface area contributed by atoms with E-state index in [0.717, 1.165) is 12.0 Å². The van der Waals surface area contributed by atoms with Crippen LogP contribution in [0.3, 0.4) is 0 Å². The highest BCUT2D eigenvalue weighted by atomic mass is 19.1. The number of halogens is 1. The van der Waals surface area contributed by atoms with Crippen LogP contribution in [-0.4, -0.2) is 72.7 Å².